The summed E-state index contributed by atoms with van der Waals surface area (Å²) < 4.78 is 7.60. The molecule has 0 bridgehead atoms. The second-order valence-corrected chi connectivity index (χ2v) is 6.25. The molecule has 0 aliphatic rings. The van der Waals surface area contributed by atoms with Crippen molar-refractivity contribution in [3.8, 4) is 0 Å². The summed E-state index contributed by atoms with van der Waals surface area (Å²) in [5.74, 6) is 0.632. The number of rotatable bonds is 11. The first-order valence-electron chi connectivity index (χ1n) is 7.39. The molecular formula is C14H25N3O3S. The van der Waals surface area contributed by atoms with Crippen molar-refractivity contribution < 1.29 is 14.6 Å². The summed E-state index contributed by atoms with van der Waals surface area (Å²) in [4.78, 5) is 10.7. The van der Waals surface area contributed by atoms with Crippen molar-refractivity contribution >= 4 is 17.7 Å². The van der Waals surface area contributed by atoms with Gasteiger partial charge in [0.1, 0.15) is 5.82 Å². The molecule has 1 N–H and O–H groups in total. The molecule has 6 nitrogen and oxygen atoms in total. The van der Waals surface area contributed by atoms with Crippen LogP contribution in [-0.4, -0.2) is 44.8 Å². The van der Waals surface area contributed by atoms with E-state index in [1.54, 1.807) is 0 Å². The van der Waals surface area contributed by atoms with E-state index in [2.05, 4.69) is 31.0 Å². The van der Waals surface area contributed by atoms with Gasteiger partial charge in [0.2, 0.25) is 0 Å². The predicted octanol–water partition coefficient (Wildman–Crippen LogP) is 2.47. The number of aliphatic carboxylic acids is 1. The Morgan fingerprint density at radius 3 is 2.81 bits per heavy atom. The van der Waals surface area contributed by atoms with Crippen molar-refractivity contribution in [3.05, 3.63) is 5.82 Å². The molecule has 0 spiro atoms. The largest absolute Gasteiger partial charge is 0.481 e. The number of aryl methyl sites for hydroxylation is 1. The van der Waals surface area contributed by atoms with Crippen LogP contribution in [0.5, 0.6) is 0 Å². The van der Waals surface area contributed by atoms with Crippen molar-refractivity contribution in [2.24, 2.45) is 5.92 Å². The molecule has 21 heavy (non-hydrogen) atoms. The van der Waals surface area contributed by atoms with Crippen LogP contribution in [0, 0.1) is 5.92 Å². The van der Waals surface area contributed by atoms with Crippen molar-refractivity contribution in [1.29, 1.82) is 0 Å². The average Bonchev–Trinajstić information content (AvgIpc) is 2.79. The Hall–Kier alpha value is -1.08. The molecule has 0 aromatic carbocycles. The minimum absolute atomic E-state index is 0.00804. The Morgan fingerprint density at radius 2 is 2.19 bits per heavy atom. The van der Waals surface area contributed by atoms with Gasteiger partial charge in [0.05, 0.1) is 5.75 Å². The van der Waals surface area contributed by atoms with E-state index in [4.69, 9.17) is 9.84 Å². The van der Waals surface area contributed by atoms with Crippen molar-refractivity contribution in [3.63, 3.8) is 0 Å². The highest BCUT2D eigenvalue weighted by atomic mass is 32.2. The van der Waals surface area contributed by atoms with Gasteiger partial charge in [0, 0.05) is 26.2 Å². The van der Waals surface area contributed by atoms with E-state index in [9.17, 15) is 4.79 Å². The van der Waals surface area contributed by atoms with E-state index < -0.39 is 5.97 Å². The Balaban J connectivity index is 2.54. The van der Waals surface area contributed by atoms with Crippen LogP contribution in [0.2, 0.25) is 0 Å². The lowest BCUT2D eigenvalue weighted by Crippen LogP contribution is -2.10. The van der Waals surface area contributed by atoms with E-state index in [-0.39, 0.29) is 5.75 Å². The van der Waals surface area contributed by atoms with Gasteiger partial charge in [-0.2, -0.15) is 0 Å². The number of ether oxygens (including phenoxy) is 1. The zero-order valence-electron chi connectivity index (χ0n) is 13.0. The molecule has 1 rings (SSSR count). The summed E-state index contributed by atoms with van der Waals surface area (Å²) in [5.41, 5.74) is 0. The van der Waals surface area contributed by atoms with Crippen molar-refractivity contribution in [2.45, 2.75) is 51.7 Å². The third kappa shape index (κ3) is 6.95. The maximum absolute atomic E-state index is 10.7. The quantitative estimate of drug-likeness (QED) is 0.499. The predicted molar refractivity (Wildman–Crippen MR) is 82.7 cm³/mol. The van der Waals surface area contributed by atoms with Crippen LogP contribution in [-0.2, 0) is 22.5 Å². The maximum Gasteiger partial charge on any atom is 0.313 e. The molecule has 1 heterocycles. The zero-order chi connectivity index (χ0) is 15.7. The Bertz CT molecular complexity index is 435. The van der Waals surface area contributed by atoms with Crippen molar-refractivity contribution in [1.82, 2.24) is 14.8 Å². The topological polar surface area (TPSA) is 77.2 Å². The normalized spacial score (nSPS) is 11.2. The van der Waals surface area contributed by atoms with Crippen LogP contribution in [0.15, 0.2) is 5.16 Å². The van der Waals surface area contributed by atoms with Crippen molar-refractivity contribution in [2.75, 3.05) is 19.0 Å². The highest BCUT2D eigenvalue weighted by molar-refractivity contribution is 7.99. The molecule has 1 aromatic heterocycles. The summed E-state index contributed by atoms with van der Waals surface area (Å²) in [5, 5.41) is 17.7. The molecule has 0 radical (unpaired) electrons. The number of aromatic nitrogens is 3. The summed E-state index contributed by atoms with van der Waals surface area (Å²) in [6.45, 7) is 8.58. The molecule has 0 saturated heterocycles. The molecule has 0 atom stereocenters. The number of nitrogens with zero attached hydrogens (tertiary/aromatic N) is 3. The molecule has 0 aliphatic carbocycles. The van der Waals surface area contributed by atoms with Crippen LogP contribution in [0.3, 0.4) is 0 Å². The Kier molecular flexibility index (Phi) is 8.37. The number of hydrogen-bond acceptors (Lipinski definition) is 5. The summed E-state index contributed by atoms with van der Waals surface area (Å²) in [6.07, 6.45) is 2.72. The van der Waals surface area contributed by atoms with Crippen LogP contribution in [0.4, 0.5) is 0 Å². The first-order valence-corrected chi connectivity index (χ1v) is 8.37. The smallest absolute Gasteiger partial charge is 0.313 e. The minimum Gasteiger partial charge on any atom is -0.481 e. The lowest BCUT2D eigenvalue weighted by Gasteiger charge is -2.10. The summed E-state index contributed by atoms with van der Waals surface area (Å²) in [7, 11) is 0. The number of carbonyl (C=O) groups is 1. The molecular weight excluding hydrogens is 290 g/mol. The molecule has 0 saturated carbocycles. The van der Waals surface area contributed by atoms with E-state index in [1.165, 1.54) is 11.8 Å². The van der Waals surface area contributed by atoms with E-state index in [0.29, 0.717) is 17.7 Å². The second-order valence-electron chi connectivity index (χ2n) is 5.31. The van der Waals surface area contributed by atoms with Crippen LogP contribution < -0.4 is 0 Å². The van der Waals surface area contributed by atoms with Crippen LogP contribution in [0.25, 0.3) is 0 Å². The van der Waals surface area contributed by atoms with Gasteiger partial charge in [-0.25, -0.2) is 0 Å². The van der Waals surface area contributed by atoms with Gasteiger partial charge in [0.25, 0.3) is 0 Å². The molecule has 0 amide bonds. The first-order chi connectivity index (χ1) is 10.0. The fourth-order valence-corrected chi connectivity index (χ4v) is 2.53. The fourth-order valence-electron chi connectivity index (χ4n) is 1.83. The van der Waals surface area contributed by atoms with Gasteiger partial charge in [-0.05, 0) is 18.8 Å². The summed E-state index contributed by atoms with van der Waals surface area (Å²) >= 11 is 1.22. The van der Waals surface area contributed by atoms with E-state index >= 15 is 0 Å². The van der Waals surface area contributed by atoms with Gasteiger partial charge in [-0.3, -0.25) is 4.79 Å². The minimum atomic E-state index is -0.841. The Labute approximate surface area is 130 Å². The van der Waals surface area contributed by atoms with Crippen LogP contribution >= 0.6 is 11.8 Å². The van der Waals surface area contributed by atoms with Gasteiger partial charge in [-0.1, -0.05) is 32.5 Å². The van der Waals surface area contributed by atoms with Gasteiger partial charge in [-0.15, -0.1) is 10.2 Å². The Morgan fingerprint density at radius 1 is 1.43 bits per heavy atom. The standard InChI is InChI=1S/C14H25N3O3S/c1-4-6-12-15-16-14(21-10-13(18)19)17(12)7-5-8-20-9-11(2)3/h11H,4-10H2,1-3H3,(H,18,19). The highest BCUT2D eigenvalue weighted by Crippen LogP contribution is 2.18. The third-order valence-electron chi connectivity index (χ3n) is 2.71. The number of carboxylic acids is 1. The molecule has 7 heteroatoms. The number of hydrogen-bond donors (Lipinski definition) is 1. The zero-order valence-corrected chi connectivity index (χ0v) is 13.9. The van der Waals surface area contributed by atoms with Gasteiger partial charge < -0.3 is 14.4 Å². The maximum atomic E-state index is 10.7. The molecule has 120 valence electrons. The highest BCUT2D eigenvalue weighted by Gasteiger charge is 2.13. The van der Waals surface area contributed by atoms with E-state index in [0.717, 1.165) is 38.2 Å². The van der Waals surface area contributed by atoms with E-state index in [1.807, 2.05) is 4.57 Å². The summed E-state index contributed by atoms with van der Waals surface area (Å²) in [6, 6.07) is 0. The lowest BCUT2D eigenvalue weighted by atomic mass is 10.2. The monoisotopic (exact) mass is 315 g/mol. The number of thioether (sulfide) groups is 1. The van der Waals surface area contributed by atoms with Gasteiger partial charge >= 0.3 is 5.97 Å². The molecule has 0 aliphatic heterocycles. The molecule has 1 aromatic rings. The first kappa shape index (κ1) is 18.0. The van der Waals surface area contributed by atoms with Crippen LogP contribution in [0.1, 0.15) is 39.4 Å². The molecule has 0 unspecified atom stereocenters. The number of carboxylic acid groups (broad SMARTS) is 1. The average molecular weight is 315 g/mol. The lowest BCUT2D eigenvalue weighted by molar-refractivity contribution is -0.133. The molecule has 0 fully saturated rings. The fraction of sp³-hybridized carbons (Fsp3) is 0.786. The van der Waals surface area contributed by atoms with Gasteiger partial charge in [0.15, 0.2) is 5.16 Å². The third-order valence-corrected chi connectivity index (χ3v) is 3.66. The SMILES string of the molecule is CCCc1nnc(SCC(=O)O)n1CCCOCC(C)C. The second kappa shape index (κ2) is 9.78.